The van der Waals surface area contributed by atoms with Gasteiger partial charge >= 0.3 is 0 Å². The lowest BCUT2D eigenvalue weighted by Gasteiger charge is -2.27. The number of benzene rings is 4. The number of nitrogens with zero attached hydrogens (tertiary/aromatic N) is 5. The van der Waals surface area contributed by atoms with Gasteiger partial charge in [0.05, 0.1) is 52.1 Å². The van der Waals surface area contributed by atoms with Gasteiger partial charge in [0.2, 0.25) is 17.7 Å². The third kappa shape index (κ3) is 14.3. The van der Waals surface area contributed by atoms with Crippen molar-refractivity contribution in [1.82, 2.24) is 40.1 Å². The Morgan fingerprint density at radius 1 is 0.782 bits per heavy atom. The van der Waals surface area contributed by atoms with Crippen LogP contribution in [0.3, 0.4) is 0 Å². The van der Waals surface area contributed by atoms with Gasteiger partial charge in [-0.1, -0.05) is 122 Å². The molecule has 0 spiro atoms. The van der Waals surface area contributed by atoms with Gasteiger partial charge in [0, 0.05) is 56.2 Å². The van der Waals surface area contributed by atoms with E-state index in [0.29, 0.717) is 50.9 Å². The quantitative estimate of drug-likeness (QED) is 0.0269. The number of carbonyl (C=O) groups excluding carboxylic acids is 3. The van der Waals surface area contributed by atoms with Gasteiger partial charge < -0.3 is 35.4 Å². The number of nitrogens with one attached hydrogen (secondary N) is 4. The number of hydroxylamine groups is 2. The summed E-state index contributed by atoms with van der Waals surface area (Å²) in [6.45, 7) is 4.13. The van der Waals surface area contributed by atoms with Crippen molar-refractivity contribution in [2.24, 2.45) is 0 Å². The molecule has 406 valence electrons. The lowest BCUT2D eigenvalue weighted by Crippen LogP contribution is -2.44. The van der Waals surface area contributed by atoms with Gasteiger partial charge in [0.25, 0.3) is 0 Å². The minimum atomic E-state index is -0.627. The van der Waals surface area contributed by atoms with Crippen LogP contribution in [0.15, 0.2) is 121 Å². The molecule has 1 aliphatic carbocycles. The lowest BCUT2D eigenvalue weighted by atomic mass is 9.93. The molecular weight excluding hydrogens is 995 g/mol. The fraction of sp³-hybridized carbons (Fsp3) is 0.397. The van der Waals surface area contributed by atoms with Crippen LogP contribution in [0.1, 0.15) is 137 Å². The molecule has 6 N–H and O–H groups in total. The summed E-state index contributed by atoms with van der Waals surface area (Å²) in [6, 6.07) is 35.8. The van der Waals surface area contributed by atoms with Crippen molar-refractivity contribution in [3.8, 4) is 44.7 Å². The lowest BCUT2D eigenvalue weighted by molar-refractivity contribution is -0.146. The first-order valence-corrected chi connectivity index (χ1v) is 28.8. The molecular formula is C63H73N9O5S. The molecule has 1 saturated carbocycles. The molecule has 4 aromatic carbocycles. The first-order chi connectivity index (χ1) is 38.1. The van der Waals surface area contributed by atoms with Crippen LogP contribution >= 0.6 is 11.3 Å². The number of carbonyl (C=O) groups is 3. The van der Waals surface area contributed by atoms with Crippen LogP contribution in [0, 0.1) is 24.2 Å². The second-order valence-electron chi connectivity index (χ2n) is 20.9. The van der Waals surface area contributed by atoms with Crippen molar-refractivity contribution in [1.29, 1.82) is 5.41 Å². The van der Waals surface area contributed by atoms with Crippen molar-refractivity contribution in [2.75, 3.05) is 19.6 Å². The first kappa shape index (κ1) is 55.5. The average Bonchev–Trinajstić information content (AvgIpc) is 4.40. The summed E-state index contributed by atoms with van der Waals surface area (Å²) in [4.78, 5) is 49.7. The van der Waals surface area contributed by atoms with Crippen LogP contribution in [0.25, 0.3) is 43.9 Å². The Morgan fingerprint density at radius 2 is 1.49 bits per heavy atom. The maximum Gasteiger partial charge on any atom is 0.240 e. The van der Waals surface area contributed by atoms with E-state index in [1.165, 1.54) is 0 Å². The number of fused-ring (bicyclic) bond motifs is 1. The maximum atomic E-state index is 13.2. The summed E-state index contributed by atoms with van der Waals surface area (Å²) < 4.78 is 4.27. The predicted molar refractivity (Wildman–Crippen MR) is 307 cm³/mol. The van der Waals surface area contributed by atoms with Crippen molar-refractivity contribution in [2.45, 2.75) is 140 Å². The summed E-state index contributed by atoms with van der Waals surface area (Å²) in [5, 5.41) is 41.3. The topological polar surface area (TPSA) is 190 Å². The zero-order valence-corrected chi connectivity index (χ0v) is 45.6. The molecule has 1 unspecified atom stereocenters. The molecule has 3 amide bonds. The van der Waals surface area contributed by atoms with Crippen LogP contribution in [0.5, 0.6) is 0 Å². The minimum Gasteiger partial charge on any atom is -0.393 e. The molecule has 3 aromatic heterocycles. The monoisotopic (exact) mass is 1070 g/mol. The van der Waals surface area contributed by atoms with Crippen LogP contribution in [0.4, 0.5) is 0 Å². The normalized spacial score (nSPS) is 16.8. The Morgan fingerprint density at radius 3 is 2.21 bits per heavy atom. The number of amides is 3. The number of unbranched alkanes of at least 4 members (excludes halogenated alkanes) is 6. The second-order valence-corrected chi connectivity index (χ2v) is 21.7. The van der Waals surface area contributed by atoms with Crippen LogP contribution in [-0.4, -0.2) is 84.0 Å². The highest BCUT2D eigenvalue weighted by Gasteiger charge is 2.32. The number of aliphatic hydroxyl groups is 1. The smallest absolute Gasteiger partial charge is 0.240 e. The van der Waals surface area contributed by atoms with E-state index in [9.17, 15) is 30.1 Å². The molecule has 78 heavy (non-hydrogen) atoms. The van der Waals surface area contributed by atoms with Crippen LogP contribution in [-0.2, 0) is 20.9 Å². The fourth-order valence-electron chi connectivity index (χ4n) is 11.0. The van der Waals surface area contributed by atoms with Gasteiger partial charge in [-0.05, 0) is 117 Å². The molecule has 2 aliphatic rings. The molecule has 4 heterocycles. The number of hydrogen-bond acceptors (Lipinski definition) is 10. The van der Waals surface area contributed by atoms with Crippen molar-refractivity contribution < 1.29 is 24.7 Å². The standard InChI is InChI=1S/C63H73N9O5S/c1-44-60(78-43-68-44)50-28-18-27-49(39-50)53(69-63(76)54-29-19-37-72(54)77)40-56(75)66-36-16-6-2-5-15-35-65-55(74)30-14-4-3-9-20-45-21-17-22-46(38-45)41-70-59(48-25-12-8-13-26-48)57(47-23-10-7-11-24-47)58-61(64)71(42-67-62(58)70)51-31-33-52(73)34-32-51/h7-8,10-13,17-18,21-28,38-39,42-43,51-54,64,73,77H,2-6,14-16,19,29-37,40-41H2,1H3,(H,65,74)(H,66,75)(H,69,76)/t51?,52?,53-,54?/m0/s1. The second kappa shape index (κ2) is 27.4. The highest BCUT2D eigenvalue weighted by atomic mass is 32.1. The Kier molecular flexibility index (Phi) is 19.5. The van der Waals surface area contributed by atoms with E-state index < -0.39 is 12.1 Å². The van der Waals surface area contributed by atoms with E-state index in [1.807, 2.05) is 84.0 Å². The number of rotatable bonds is 23. The average molecular weight is 1070 g/mol. The van der Waals surface area contributed by atoms with E-state index in [1.54, 1.807) is 11.3 Å². The fourth-order valence-corrected chi connectivity index (χ4v) is 11.8. The van der Waals surface area contributed by atoms with Crippen LogP contribution in [0.2, 0.25) is 0 Å². The third-order valence-corrected chi connectivity index (χ3v) is 16.2. The summed E-state index contributed by atoms with van der Waals surface area (Å²) in [5.41, 5.74) is 11.8. The molecule has 14 nitrogen and oxygen atoms in total. The Balaban J connectivity index is 0.704. The van der Waals surface area contributed by atoms with Gasteiger partial charge in [-0.15, -0.1) is 11.3 Å². The van der Waals surface area contributed by atoms with Gasteiger partial charge in [0.1, 0.15) is 17.2 Å². The van der Waals surface area contributed by atoms with Gasteiger partial charge in [-0.25, -0.2) is 9.97 Å². The van der Waals surface area contributed by atoms with E-state index in [0.717, 1.165) is 148 Å². The summed E-state index contributed by atoms with van der Waals surface area (Å²) >= 11 is 1.55. The predicted octanol–water partition coefficient (Wildman–Crippen LogP) is 10.8. The van der Waals surface area contributed by atoms with E-state index in [2.05, 4.69) is 85.9 Å². The number of aryl methyl sites for hydroxylation is 1. The largest absolute Gasteiger partial charge is 0.393 e. The molecule has 7 aromatic rings. The first-order valence-electron chi connectivity index (χ1n) is 28.0. The van der Waals surface area contributed by atoms with Crippen LogP contribution < -0.4 is 21.4 Å². The number of thiazole rings is 1. The van der Waals surface area contributed by atoms with Crippen molar-refractivity contribution in [3.63, 3.8) is 0 Å². The van der Waals surface area contributed by atoms with E-state index >= 15 is 0 Å². The Hall–Kier alpha value is -7.22. The third-order valence-electron chi connectivity index (χ3n) is 15.2. The molecule has 15 heteroatoms. The van der Waals surface area contributed by atoms with Gasteiger partial charge in [-0.3, -0.25) is 19.8 Å². The molecule has 2 atom stereocenters. The van der Waals surface area contributed by atoms with Gasteiger partial charge in [-0.2, -0.15) is 5.06 Å². The highest BCUT2D eigenvalue weighted by Crippen LogP contribution is 2.40. The number of aliphatic hydroxyl groups excluding tert-OH is 1. The summed E-state index contributed by atoms with van der Waals surface area (Å²) in [6.07, 6.45) is 13.4. The highest BCUT2D eigenvalue weighted by molar-refractivity contribution is 7.13. The van der Waals surface area contributed by atoms with Crippen molar-refractivity contribution >= 4 is 40.1 Å². The maximum absolute atomic E-state index is 13.2. The summed E-state index contributed by atoms with van der Waals surface area (Å²) in [5.74, 6) is 6.35. The molecule has 9 rings (SSSR count). The van der Waals surface area contributed by atoms with Crippen molar-refractivity contribution in [3.05, 3.63) is 149 Å². The van der Waals surface area contributed by atoms with Gasteiger partial charge in [0.15, 0.2) is 0 Å². The SMILES string of the molecule is Cc1ncsc1-c1cccc([C@H](CC(=O)NCCCCCCCNC(=O)CCCCC#Cc2cccc(Cn3c(-c4ccccc4)c(-c4ccccc4)c4c(=N)n(C5CCC(O)CC5)cnc43)c2)NC(=O)C2CCCN2O)c1. The zero-order valence-electron chi connectivity index (χ0n) is 44.8. The van der Waals surface area contributed by atoms with E-state index in [4.69, 9.17) is 4.98 Å². The summed E-state index contributed by atoms with van der Waals surface area (Å²) in [7, 11) is 0. The molecule has 0 bridgehead atoms. The Labute approximate surface area is 461 Å². The zero-order chi connectivity index (χ0) is 54.2. The molecule has 2 fully saturated rings. The molecule has 0 radical (unpaired) electrons. The minimum absolute atomic E-state index is 0.0636. The molecule has 1 saturated heterocycles. The molecule has 1 aliphatic heterocycles. The number of hydrogen-bond donors (Lipinski definition) is 6. The Bertz CT molecular complexity index is 3260. The van der Waals surface area contributed by atoms with E-state index in [-0.39, 0.29) is 36.3 Å². The number of aromatic nitrogens is 4.